The van der Waals surface area contributed by atoms with Gasteiger partial charge >= 0.3 is 0 Å². The number of hydrogen-bond acceptors (Lipinski definition) is 2. The molecule has 0 spiro atoms. The van der Waals surface area contributed by atoms with Gasteiger partial charge < -0.3 is 10.1 Å². The van der Waals surface area contributed by atoms with Gasteiger partial charge in [-0.25, -0.2) is 0 Å². The van der Waals surface area contributed by atoms with Crippen LogP contribution in [0.25, 0.3) is 0 Å². The molecule has 0 fully saturated rings. The second-order valence-corrected chi connectivity index (χ2v) is 5.91. The van der Waals surface area contributed by atoms with Crippen molar-refractivity contribution in [1.82, 2.24) is 5.32 Å². The molecule has 0 aromatic heterocycles. The third kappa shape index (κ3) is 4.23. The van der Waals surface area contributed by atoms with E-state index in [9.17, 15) is 0 Å². The van der Waals surface area contributed by atoms with E-state index in [-0.39, 0.29) is 6.04 Å². The minimum absolute atomic E-state index is 0.193. The number of hydrogen-bond donors (Lipinski definition) is 1. The third-order valence-corrected chi connectivity index (χ3v) is 3.78. The maximum atomic E-state index is 6.09. The number of aryl methyl sites for hydroxylation is 2. The fourth-order valence-electron chi connectivity index (χ4n) is 2.46. The minimum Gasteiger partial charge on any atom is -0.489 e. The van der Waals surface area contributed by atoms with Crippen molar-refractivity contribution in [2.24, 2.45) is 0 Å². The molecule has 0 bridgehead atoms. The van der Waals surface area contributed by atoms with E-state index in [1.807, 2.05) is 25.2 Å². The standard InChI is InChI=1S/C18H22ClNO/c1-12-7-13(2)9-15(8-12)11-21-18-6-5-16(19)10-17(18)14(3)20-4/h5-10,14,20H,11H2,1-4H3. The topological polar surface area (TPSA) is 21.3 Å². The van der Waals surface area contributed by atoms with Crippen LogP contribution in [-0.4, -0.2) is 7.05 Å². The van der Waals surface area contributed by atoms with Gasteiger partial charge in [0.15, 0.2) is 0 Å². The van der Waals surface area contributed by atoms with Gasteiger partial charge in [0.25, 0.3) is 0 Å². The highest BCUT2D eigenvalue weighted by atomic mass is 35.5. The molecule has 0 amide bonds. The Balaban J connectivity index is 2.19. The van der Waals surface area contributed by atoms with E-state index in [1.165, 1.54) is 16.7 Å². The summed E-state index contributed by atoms with van der Waals surface area (Å²) >= 11 is 6.09. The van der Waals surface area contributed by atoms with Crippen LogP contribution >= 0.6 is 11.6 Å². The Kier molecular flexibility index (Phi) is 5.27. The zero-order valence-corrected chi connectivity index (χ0v) is 13.8. The van der Waals surface area contributed by atoms with Crippen LogP contribution in [0.2, 0.25) is 5.02 Å². The van der Waals surface area contributed by atoms with Crippen molar-refractivity contribution in [2.75, 3.05) is 7.05 Å². The molecule has 0 radical (unpaired) electrons. The van der Waals surface area contributed by atoms with Crippen molar-refractivity contribution in [3.05, 3.63) is 63.7 Å². The van der Waals surface area contributed by atoms with Gasteiger partial charge in [0.05, 0.1) is 0 Å². The zero-order chi connectivity index (χ0) is 15.4. The first-order chi connectivity index (χ1) is 9.99. The summed E-state index contributed by atoms with van der Waals surface area (Å²) in [6.45, 7) is 6.86. The Hall–Kier alpha value is -1.51. The van der Waals surface area contributed by atoms with Crippen LogP contribution in [-0.2, 0) is 6.61 Å². The number of benzene rings is 2. The molecule has 1 unspecified atom stereocenters. The Labute approximate surface area is 132 Å². The lowest BCUT2D eigenvalue weighted by atomic mass is 10.1. The maximum Gasteiger partial charge on any atom is 0.124 e. The van der Waals surface area contributed by atoms with Crippen molar-refractivity contribution in [1.29, 1.82) is 0 Å². The van der Waals surface area contributed by atoms with Gasteiger partial charge in [-0.05, 0) is 51.6 Å². The summed E-state index contributed by atoms with van der Waals surface area (Å²) in [7, 11) is 1.93. The molecule has 0 aliphatic carbocycles. The molecule has 2 nitrogen and oxygen atoms in total. The number of rotatable bonds is 5. The van der Waals surface area contributed by atoms with E-state index in [0.717, 1.165) is 16.3 Å². The Morgan fingerprint density at radius 1 is 1.10 bits per heavy atom. The van der Waals surface area contributed by atoms with Crippen LogP contribution in [0, 0.1) is 13.8 Å². The first-order valence-corrected chi connectivity index (χ1v) is 7.54. The molecule has 1 N–H and O–H groups in total. The Morgan fingerprint density at radius 3 is 2.38 bits per heavy atom. The average Bonchev–Trinajstić information content (AvgIpc) is 2.44. The van der Waals surface area contributed by atoms with Crippen LogP contribution in [0.3, 0.4) is 0 Å². The molecule has 0 aliphatic rings. The predicted molar refractivity (Wildman–Crippen MR) is 89.2 cm³/mol. The monoisotopic (exact) mass is 303 g/mol. The fraction of sp³-hybridized carbons (Fsp3) is 0.333. The molecular weight excluding hydrogens is 282 g/mol. The number of ether oxygens (including phenoxy) is 1. The first-order valence-electron chi connectivity index (χ1n) is 7.16. The van der Waals surface area contributed by atoms with Crippen molar-refractivity contribution >= 4 is 11.6 Å². The molecule has 2 aromatic rings. The molecule has 21 heavy (non-hydrogen) atoms. The lowest BCUT2D eigenvalue weighted by molar-refractivity contribution is 0.300. The summed E-state index contributed by atoms with van der Waals surface area (Å²) in [6, 6.07) is 12.4. The zero-order valence-electron chi connectivity index (χ0n) is 13.0. The van der Waals surface area contributed by atoms with Crippen LogP contribution in [0.5, 0.6) is 5.75 Å². The first kappa shape index (κ1) is 15.9. The molecule has 0 heterocycles. The highest BCUT2D eigenvalue weighted by Gasteiger charge is 2.11. The van der Waals surface area contributed by atoms with Gasteiger partial charge in [0.1, 0.15) is 12.4 Å². The molecular formula is C18H22ClNO. The third-order valence-electron chi connectivity index (χ3n) is 3.55. The SMILES string of the molecule is CNC(C)c1cc(Cl)ccc1OCc1cc(C)cc(C)c1. The van der Waals surface area contributed by atoms with Crippen molar-refractivity contribution < 1.29 is 4.74 Å². The van der Waals surface area contributed by atoms with Crippen LogP contribution < -0.4 is 10.1 Å². The van der Waals surface area contributed by atoms with Crippen LogP contribution in [0.1, 0.15) is 35.2 Å². The van der Waals surface area contributed by atoms with Crippen molar-refractivity contribution in [3.8, 4) is 5.75 Å². The minimum atomic E-state index is 0.193. The van der Waals surface area contributed by atoms with E-state index in [1.54, 1.807) is 0 Å². The van der Waals surface area contributed by atoms with E-state index in [4.69, 9.17) is 16.3 Å². The highest BCUT2D eigenvalue weighted by molar-refractivity contribution is 6.30. The second kappa shape index (κ2) is 6.97. The molecule has 2 rings (SSSR count). The van der Waals surface area contributed by atoms with E-state index in [2.05, 4.69) is 44.3 Å². The van der Waals surface area contributed by atoms with E-state index >= 15 is 0 Å². The second-order valence-electron chi connectivity index (χ2n) is 5.48. The summed E-state index contributed by atoms with van der Waals surface area (Å²) in [5.41, 5.74) is 4.78. The molecule has 0 aliphatic heterocycles. The van der Waals surface area contributed by atoms with Gasteiger partial charge in [-0.1, -0.05) is 40.9 Å². The molecule has 0 saturated heterocycles. The predicted octanol–water partition coefficient (Wildman–Crippen LogP) is 4.82. The lowest BCUT2D eigenvalue weighted by Crippen LogP contribution is -2.13. The molecule has 2 aromatic carbocycles. The largest absolute Gasteiger partial charge is 0.489 e. The lowest BCUT2D eigenvalue weighted by Gasteiger charge is -2.17. The smallest absolute Gasteiger partial charge is 0.124 e. The summed E-state index contributed by atoms with van der Waals surface area (Å²) in [6.07, 6.45) is 0. The quantitative estimate of drug-likeness (QED) is 0.855. The average molecular weight is 304 g/mol. The van der Waals surface area contributed by atoms with Gasteiger partial charge in [0.2, 0.25) is 0 Å². The molecule has 1 atom stereocenters. The fourth-order valence-corrected chi connectivity index (χ4v) is 2.64. The Morgan fingerprint density at radius 2 is 1.76 bits per heavy atom. The normalized spacial score (nSPS) is 12.2. The summed E-state index contributed by atoms with van der Waals surface area (Å²) in [5, 5.41) is 3.95. The molecule has 0 saturated carbocycles. The van der Waals surface area contributed by atoms with Crippen LogP contribution in [0.15, 0.2) is 36.4 Å². The maximum absolute atomic E-state index is 6.09. The number of nitrogens with one attached hydrogen (secondary N) is 1. The van der Waals surface area contributed by atoms with Gasteiger partial charge in [-0.15, -0.1) is 0 Å². The summed E-state index contributed by atoms with van der Waals surface area (Å²) in [5.74, 6) is 0.875. The highest BCUT2D eigenvalue weighted by Crippen LogP contribution is 2.29. The van der Waals surface area contributed by atoms with Gasteiger partial charge in [-0.2, -0.15) is 0 Å². The summed E-state index contributed by atoms with van der Waals surface area (Å²) < 4.78 is 6.01. The molecule has 3 heteroatoms. The van der Waals surface area contributed by atoms with Crippen LogP contribution in [0.4, 0.5) is 0 Å². The van der Waals surface area contributed by atoms with Crippen molar-refractivity contribution in [3.63, 3.8) is 0 Å². The van der Waals surface area contributed by atoms with Gasteiger partial charge in [0, 0.05) is 16.6 Å². The van der Waals surface area contributed by atoms with Crippen molar-refractivity contribution in [2.45, 2.75) is 33.4 Å². The summed E-state index contributed by atoms with van der Waals surface area (Å²) in [4.78, 5) is 0. The number of halogens is 1. The van der Waals surface area contributed by atoms with E-state index < -0.39 is 0 Å². The van der Waals surface area contributed by atoms with E-state index in [0.29, 0.717) is 6.61 Å². The Bertz CT molecular complexity index is 604. The van der Waals surface area contributed by atoms with Gasteiger partial charge in [-0.3, -0.25) is 0 Å². The molecule has 112 valence electrons.